The van der Waals surface area contributed by atoms with Crippen molar-refractivity contribution in [2.75, 3.05) is 0 Å². The first kappa shape index (κ1) is 45.8. The molecule has 0 saturated carbocycles. The highest BCUT2D eigenvalue weighted by molar-refractivity contribution is 6.14. The van der Waals surface area contributed by atoms with Gasteiger partial charge < -0.3 is 9.13 Å². The molecule has 0 radical (unpaired) electrons. The van der Waals surface area contributed by atoms with Crippen LogP contribution in [0.5, 0.6) is 0 Å². The van der Waals surface area contributed by atoms with Crippen LogP contribution in [0.15, 0.2) is 285 Å². The topological polar surface area (TPSA) is 58.4 Å². The summed E-state index contributed by atoms with van der Waals surface area (Å²) < 4.78 is 9.25. The smallest absolute Gasteiger partial charge is 0.240 e. The highest BCUT2D eigenvalue weighted by Gasteiger charge is 2.23. The lowest BCUT2D eigenvalue weighted by Crippen LogP contribution is -2.10. The maximum absolute atomic E-state index is 5.55. The zero-order valence-corrected chi connectivity index (χ0v) is 44.3. The number of aromatic nitrogens is 7. The molecule has 0 N–H and O–H groups in total. The zero-order valence-electron chi connectivity index (χ0n) is 44.3. The molecule has 0 bridgehead atoms. The van der Waals surface area contributed by atoms with Crippen molar-refractivity contribution < 1.29 is 0 Å². The zero-order chi connectivity index (χ0) is 53.8. The van der Waals surface area contributed by atoms with Gasteiger partial charge in [0, 0.05) is 60.0 Å². The molecule has 0 aliphatic rings. The lowest BCUT2D eigenvalue weighted by atomic mass is 10.0. The van der Waals surface area contributed by atoms with E-state index < -0.39 is 0 Å². The van der Waals surface area contributed by atoms with E-state index >= 15 is 0 Å². The van der Waals surface area contributed by atoms with Crippen molar-refractivity contribution in [3.05, 3.63) is 285 Å². The first-order chi connectivity index (χ1) is 40.7. The normalized spacial score (nSPS) is 11.9. The van der Waals surface area contributed by atoms with Gasteiger partial charge in [-0.1, -0.05) is 200 Å². The maximum atomic E-state index is 5.55. The number of hydrogen-bond acceptors (Lipinski definition) is 3. The van der Waals surface area contributed by atoms with Gasteiger partial charge in [-0.25, -0.2) is 0 Å². The van der Waals surface area contributed by atoms with Crippen LogP contribution in [-0.4, -0.2) is 33.2 Å². The number of para-hydroxylation sites is 4. The molecule has 0 amide bonds. The van der Waals surface area contributed by atoms with E-state index in [4.69, 9.17) is 15.0 Å². The Morgan fingerprint density at radius 1 is 0.183 bits per heavy atom. The predicted molar refractivity (Wildman–Crippen MR) is 339 cm³/mol. The van der Waals surface area contributed by atoms with Gasteiger partial charge in [0.2, 0.25) is 11.9 Å². The third-order valence-electron chi connectivity index (χ3n) is 16.7. The Hall–Kier alpha value is -11.2. The summed E-state index contributed by atoms with van der Waals surface area (Å²) in [6.07, 6.45) is 0. The molecule has 17 aromatic rings. The number of benzene rings is 12. The molecule has 82 heavy (non-hydrogen) atoms. The van der Waals surface area contributed by atoms with E-state index in [-0.39, 0.29) is 0 Å². The van der Waals surface area contributed by atoms with Gasteiger partial charge in [-0.05, 0) is 118 Å². The Labute approximate surface area is 471 Å². The standard InChI is InChI=1S/C75H47N7/c1-4-18-48(19-5-1)52-34-40-61-57-24-10-14-28-65(57)80(70(61)44-52)56-39-43-69-64(47-56)60-27-13-15-29-66(60)79(69)55-37-32-51(33-38-55)73-76-74(81-67-30-16-11-25-58(67)62-41-35-53(45-71(62)81)49-20-6-2-7-21-49)78-75(77-73)82-68-31-17-12-26-59(68)63-42-36-54(46-72(63)82)50-22-8-3-9-23-50/h1-47H. The highest BCUT2D eigenvalue weighted by Crippen LogP contribution is 2.41. The van der Waals surface area contributed by atoms with Gasteiger partial charge in [-0.15, -0.1) is 0 Å². The minimum atomic E-state index is 0.531. The molecule has 0 fully saturated rings. The summed E-state index contributed by atoms with van der Waals surface area (Å²) in [5.74, 6) is 1.63. The molecule has 382 valence electrons. The molecule has 0 aliphatic heterocycles. The van der Waals surface area contributed by atoms with E-state index in [0.29, 0.717) is 17.7 Å². The van der Waals surface area contributed by atoms with Crippen LogP contribution in [0.25, 0.3) is 155 Å². The van der Waals surface area contributed by atoms with E-state index in [0.717, 1.165) is 93.8 Å². The average Bonchev–Trinajstić information content (AvgIpc) is 3.52. The monoisotopic (exact) mass is 1050 g/mol. The van der Waals surface area contributed by atoms with Gasteiger partial charge in [0.05, 0.1) is 44.1 Å². The van der Waals surface area contributed by atoms with Crippen LogP contribution in [-0.2, 0) is 0 Å². The third kappa shape index (κ3) is 7.13. The Bertz CT molecular complexity index is 5200. The van der Waals surface area contributed by atoms with Crippen molar-refractivity contribution in [1.29, 1.82) is 0 Å². The van der Waals surface area contributed by atoms with E-state index in [1.165, 1.54) is 43.7 Å². The second-order valence-electron chi connectivity index (χ2n) is 21.2. The van der Waals surface area contributed by atoms with Crippen LogP contribution < -0.4 is 0 Å². The lowest BCUT2D eigenvalue weighted by Gasteiger charge is -2.14. The molecule has 7 nitrogen and oxygen atoms in total. The van der Waals surface area contributed by atoms with E-state index in [1.807, 2.05) is 0 Å². The molecular formula is C75H47N7. The van der Waals surface area contributed by atoms with Gasteiger partial charge in [0.15, 0.2) is 5.82 Å². The van der Waals surface area contributed by atoms with Crippen molar-refractivity contribution >= 4 is 87.2 Å². The summed E-state index contributed by atoms with van der Waals surface area (Å²) in [6, 6.07) is 102. The second kappa shape index (κ2) is 18.2. The third-order valence-corrected chi connectivity index (χ3v) is 16.7. The first-order valence-corrected chi connectivity index (χ1v) is 27.8. The SMILES string of the molecule is c1ccc(-c2ccc3c4ccccc4n(-c4ccc5c(c4)c4ccccc4n5-c4ccc(-c5nc(-n6c7ccccc7c7ccc(-c8ccccc8)cc76)nc(-n6c7ccccc7c7ccc(-c8ccccc8)cc76)n5)cc4)c3c2)cc1. The summed E-state index contributed by atoms with van der Waals surface area (Å²) in [6.45, 7) is 0. The minimum Gasteiger partial charge on any atom is -0.309 e. The van der Waals surface area contributed by atoms with Gasteiger partial charge in [0.25, 0.3) is 0 Å². The van der Waals surface area contributed by atoms with Gasteiger partial charge in [0.1, 0.15) is 0 Å². The van der Waals surface area contributed by atoms with Crippen LogP contribution >= 0.6 is 0 Å². The molecule has 17 rings (SSSR count). The summed E-state index contributed by atoms with van der Waals surface area (Å²) in [7, 11) is 0. The van der Waals surface area contributed by atoms with Crippen LogP contribution in [0.3, 0.4) is 0 Å². The average molecular weight is 1050 g/mol. The van der Waals surface area contributed by atoms with Crippen molar-refractivity contribution in [3.8, 4) is 68.0 Å². The van der Waals surface area contributed by atoms with E-state index in [1.54, 1.807) is 0 Å². The predicted octanol–water partition coefficient (Wildman–Crippen LogP) is 18.9. The Morgan fingerprint density at radius 2 is 0.500 bits per heavy atom. The van der Waals surface area contributed by atoms with Gasteiger partial charge >= 0.3 is 0 Å². The van der Waals surface area contributed by atoms with Crippen molar-refractivity contribution in [1.82, 2.24) is 33.2 Å². The number of hydrogen-bond donors (Lipinski definition) is 0. The van der Waals surface area contributed by atoms with Gasteiger partial charge in [-0.2, -0.15) is 15.0 Å². The van der Waals surface area contributed by atoms with E-state index in [2.05, 4.69) is 303 Å². The van der Waals surface area contributed by atoms with Crippen LogP contribution in [0.4, 0.5) is 0 Å². The second-order valence-corrected chi connectivity index (χ2v) is 21.2. The maximum Gasteiger partial charge on any atom is 0.240 e. The number of nitrogens with zero attached hydrogens (tertiary/aromatic N) is 7. The van der Waals surface area contributed by atoms with Crippen LogP contribution in [0.1, 0.15) is 0 Å². The molecule has 0 saturated heterocycles. The lowest BCUT2D eigenvalue weighted by molar-refractivity contribution is 0.893. The molecule has 0 aliphatic carbocycles. The Morgan fingerprint density at radius 3 is 0.939 bits per heavy atom. The Kier molecular flexibility index (Phi) is 10.2. The fraction of sp³-hybridized carbons (Fsp3) is 0. The van der Waals surface area contributed by atoms with Crippen LogP contribution in [0.2, 0.25) is 0 Å². The number of rotatable bonds is 8. The fourth-order valence-corrected chi connectivity index (χ4v) is 12.9. The van der Waals surface area contributed by atoms with Gasteiger partial charge in [-0.3, -0.25) is 9.13 Å². The molecule has 0 atom stereocenters. The summed E-state index contributed by atoms with van der Waals surface area (Å²) in [5.41, 5.74) is 18.6. The van der Waals surface area contributed by atoms with Crippen molar-refractivity contribution in [3.63, 3.8) is 0 Å². The minimum absolute atomic E-state index is 0.531. The van der Waals surface area contributed by atoms with Crippen LogP contribution in [0, 0.1) is 0 Å². The fourth-order valence-electron chi connectivity index (χ4n) is 12.9. The summed E-state index contributed by atoms with van der Waals surface area (Å²) >= 11 is 0. The molecule has 12 aromatic carbocycles. The quantitative estimate of drug-likeness (QED) is 0.152. The largest absolute Gasteiger partial charge is 0.309 e. The van der Waals surface area contributed by atoms with Crippen molar-refractivity contribution in [2.45, 2.75) is 0 Å². The van der Waals surface area contributed by atoms with E-state index in [9.17, 15) is 0 Å². The summed E-state index contributed by atoms with van der Waals surface area (Å²) in [4.78, 5) is 16.5. The highest BCUT2D eigenvalue weighted by atomic mass is 15.3. The first-order valence-electron chi connectivity index (χ1n) is 27.8. The molecule has 5 aromatic heterocycles. The molecule has 7 heteroatoms. The van der Waals surface area contributed by atoms with Crippen molar-refractivity contribution in [2.24, 2.45) is 0 Å². The Balaban J connectivity index is 0.853. The molecular weight excluding hydrogens is 999 g/mol. The molecule has 5 heterocycles. The molecule has 0 unspecified atom stereocenters. The molecule has 0 spiro atoms. The number of fused-ring (bicyclic) bond motifs is 12. The summed E-state index contributed by atoms with van der Waals surface area (Å²) in [5, 5.41) is 9.32.